The normalized spacial score (nSPS) is 12.1. The second kappa shape index (κ2) is 14.6. The van der Waals surface area contributed by atoms with Crippen LogP contribution in [0.25, 0.3) is 4.91 Å². The lowest BCUT2D eigenvalue weighted by molar-refractivity contribution is -0.215. The number of carbonyl (C=O) groups excluding carboxylic acids is 2. The van der Waals surface area contributed by atoms with Gasteiger partial charge in [0.1, 0.15) is 4.88 Å². The first-order chi connectivity index (χ1) is 15.6. The highest BCUT2D eigenvalue weighted by Crippen LogP contribution is 2.46. The molecule has 35 heavy (non-hydrogen) atoms. The number of hydrogen-bond donors (Lipinski definition) is 0. The number of hydrogen-bond acceptors (Lipinski definition) is 8. The lowest BCUT2D eigenvalue weighted by Crippen LogP contribution is -2.15. The second-order valence-corrected chi connectivity index (χ2v) is 11.4. The molecule has 0 spiro atoms. The van der Waals surface area contributed by atoms with E-state index in [1.165, 1.54) is 30.5 Å². The van der Waals surface area contributed by atoms with Gasteiger partial charge in [0.05, 0.1) is 20.6 Å². The maximum absolute atomic E-state index is 12.2. The molecule has 0 aliphatic carbocycles. The van der Waals surface area contributed by atoms with Gasteiger partial charge in [0.15, 0.2) is 0 Å². The van der Waals surface area contributed by atoms with E-state index in [2.05, 4.69) is 62.6 Å². The van der Waals surface area contributed by atoms with E-state index in [-0.39, 0.29) is 32.7 Å². The van der Waals surface area contributed by atoms with E-state index in [1.807, 2.05) is 13.0 Å². The number of thioether (sulfide) groups is 1. The quantitative estimate of drug-likeness (QED) is 0.171. The lowest BCUT2D eigenvalue weighted by Gasteiger charge is -2.21. The summed E-state index contributed by atoms with van der Waals surface area (Å²) in [5.74, 6) is -0.371. The van der Waals surface area contributed by atoms with Crippen molar-refractivity contribution in [1.29, 1.82) is 0 Å². The van der Waals surface area contributed by atoms with Gasteiger partial charge in [0, 0.05) is 25.0 Å². The van der Waals surface area contributed by atoms with Crippen molar-refractivity contribution in [2.24, 2.45) is 5.92 Å². The molecule has 0 aliphatic heterocycles. The fourth-order valence-corrected chi connectivity index (χ4v) is 6.72. The van der Waals surface area contributed by atoms with Crippen LogP contribution in [0, 0.1) is 5.92 Å². The van der Waals surface area contributed by atoms with E-state index in [0.29, 0.717) is 10.8 Å². The van der Waals surface area contributed by atoms with Crippen molar-refractivity contribution in [3.05, 3.63) is 60.3 Å². The van der Waals surface area contributed by atoms with Crippen molar-refractivity contribution in [1.82, 2.24) is 0 Å². The Morgan fingerprint density at radius 2 is 1.71 bits per heavy atom. The molecule has 0 saturated carbocycles. The van der Waals surface area contributed by atoms with Crippen LogP contribution in [0.4, 0.5) is 0 Å². The minimum absolute atomic E-state index is 0. The minimum atomic E-state index is -0.511. The second-order valence-electron chi connectivity index (χ2n) is 8.15. The van der Waals surface area contributed by atoms with Crippen molar-refractivity contribution in [3.63, 3.8) is 0 Å². The Labute approximate surface area is 223 Å². The molecule has 0 fully saturated rings. The summed E-state index contributed by atoms with van der Waals surface area (Å²) in [5, 5.41) is 0. The van der Waals surface area contributed by atoms with Gasteiger partial charge in [-0.1, -0.05) is 66.5 Å². The fourth-order valence-electron chi connectivity index (χ4n) is 3.20. The Balaban J connectivity index is 0.00000578. The molecule has 0 aliphatic rings. The highest BCUT2D eigenvalue weighted by Gasteiger charge is 2.30. The lowest BCUT2D eigenvalue weighted by atomic mass is 9.89. The van der Waals surface area contributed by atoms with Gasteiger partial charge in [-0.15, -0.1) is 22.7 Å². The van der Waals surface area contributed by atoms with Crippen molar-refractivity contribution in [3.8, 4) is 0 Å². The number of allylic oxidation sites excluding steroid dienone is 3. The molecule has 2 aromatic rings. The zero-order valence-corrected chi connectivity index (χ0v) is 22.9. The fraction of sp³-hybridized carbons (Fsp3) is 0.481. The molecule has 0 unspecified atom stereocenters. The van der Waals surface area contributed by atoms with Gasteiger partial charge in [-0.3, -0.25) is 9.68 Å². The van der Waals surface area contributed by atoms with Crippen LogP contribution in [0.3, 0.4) is 0 Å². The van der Waals surface area contributed by atoms with Crippen molar-refractivity contribution >= 4 is 51.3 Å². The molecule has 8 heteroatoms. The van der Waals surface area contributed by atoms with Gasteiger partial charge >= 0.3 is 11.9 Å². The number of ether oxygens (including phenoxy) is 1. The van der Waals surface area contributed by atoms with Crippen LogP contribution in [0.1, 0.15) is 86.3 Å². The summed E-state index contributed by atoms with van der Waals surface area (Å²) in [6.07, 6.45) is 4.45. The van der Waals surface area contributed by atoms with Gasteiger partial charge in [-0.25, -0.2) is 4.79 Å². The molecule has 0 bridgehead atoms. The average Bonchev–Trinajstić information content (AvgIpc) is 3.43. The monoisotopic (exact) mass is 540 g/mol. The van der Waals surface area contributed by atoms with Crippen LogP contribution in [0.5, 0.6) is 0 Å². The molecule has 2 rings (SSSR count). The molecule has 196 valence electrons. The summed E-state index contributed by atoms with van der Waals surface area (Å²) >= 11 is 4.80. The van der Waals surface area contributed by atoms with Gasteiger partial charge in [-0.2, -0.15) is 4.89 Å². The Morgan fingerprint density at radius 1 is 1.06 bits per heavy atom. The highest BCUT2D eigenvalue weighted by atomic mass is 32.2. The smallest absolute Gasteiger partial charge is 0.382 e. The first-order valence-corrected chi connectivity index (χ1v) is 13.1. The van der Waals surface area contributed by atoms with Crippen LogP contribution in [0.15, 0.2) is 35.3 Å². The third-order valence-corrected chi connectivity index (χ3v) is 9.79. The van der Waals surface area contributed by atoms with E-state index in [9.17, 15) is 9.59 Å². The zero-order chi connectivity index (χ0) is 24.8. The van der Waals surface area contributed by atoms with Crippen LogP contribution in [-0.2, 0) is 31.1 Å². The van der Waals surface area contributed by atoms with Crippen molar-refractivity contribution in [2.75, 3.05) is 14.2 Å². The van der Waals surface area contributed by atoms with Gasteiger partial charge in [0.2, 0.25) is 0 Å². The topological polar surface area (TPSA) is 61.8 Å². The molecule has 0 saturated heterocycles. The number of rotatable bonds is 10. The first kappa shape index (κ1) is 33.1. The summed E-state index contributed by atoms with van der Waals surface area (Å²) in [4.78, 5) is 39.5. The Hall–Kier alpha value is -1.87. The average molecular weight is 541 g/mol. The van der Waals surface area contributed by atoms with Crippen LogP contribution >= 0.6 is 34.4 Å². The largest absolute Gasteiger partial charge is 0.469 e. The summed E-state index contributed by atoms with van der Waals surface area (Å²) in [7, 11) is 2.72. The summed E-state index contributed by atoms with van der Waals surface area (Å²) in [5.41, 5.74) is 0.583. The predicted octanol–water partition coefficient (Wildman–Crippen LogP) is 8.50. The van der Waals surface area contributed by atoms with Gasteiger partial charge < -0.3 is 4.74 Å². The number of thiophene rings is 2. The molecular weight excluding hydrogens is 500 g/mol. The predicted molar refractivity (Wildman–Crippen MR) is 152 cm³/mol. The van der Waals surface area contributed by atoms with Crippen molar-refractivity contribution in [2.45, 2.75) is 68.2 Å². The Bertz CT molecular complexity index is 1040. The van der Waals surface area contributed by atoms with Gasteiger partial charge in [0.25, 0.3) is 0 Å². The van der Waals surface area contributed by atoms with E-state index in [1.54, 1.807) is 29.2 Å². The molecule has 0 radical (unpaired) electrons. The Kier molecular flexibility index (Phi) is 13.9. The van der Waals surface area contributed by atoms with Crippen LogP contribution in [0.2, 0.25) is 0 Å². The van der Waals surface area contributed by atoms with E-state index < -0.39 is 5.97 Å². The zero-order valence-electron chi connectivity index (χ0n) is 20.4. The highest BCUT2D eigenvalue weighted by molar-refractivity contribution is 8.12. The third-order valence-electron chi connectivity index (χ3n) is 5.14. The molecule has 0 N–H and O–H groups in total. The molecule has 0 aromatic carbocycles. The van der Waals surface area contributed by atoms with E-state index >= 15 is 0 Å². The van der Waals surface area contributed by atoms with E-state index in [0.717, 1.165) is 25.1 Å². The summed E-state index contributed by atoms with van der Waals surface area (Å²) < 4.78 is 4.96. The number of methoxy groups -OCH3 is 1. The molecule has 5 nitrogen and oxygen atoms in total. The molecule has 2 heterocycles. The van der Waals surface area contributed by atoms with E-state index in [4.69, 9.17) is 4.74 Å². The molecule has 2 aromatic heterocycles. The molecular formula is C27H40O5S3. The van der Waals surface area contributed by atoms with Crippen molar-refractivity contribution < 1.29 is 24.1 Å². The standard InChI is InChI=1S/C25H32O5S3.2CH4/c1-9-17(15(3)4)31-18(10-2)23-16(14-22(26)28-7)13-21(33-23)25(5,6)20-12-11-19(32-20)24(27)30-29-8;;/h9-13,15H,14H2,1-8H3;2*1H4/b17-9-,18-10-;;. The number of carbonyl (C=O) groups is 2. The summed E-state index contributed by atoms with van der Waals surface area (Å²) in [6.45, 7) is 12.7. The minimum Gasteiger partial charge on any atom is -0.469 e. The maximum Gasteiger partial charge on any atom is 0.382 e. The van der Waals surface area contributed by atoms with Crippen LogP contribution < -0.4 is 0 Å². The SMILES string of the molecule is C.C.C/C=C(\S/C(=C\C)C(C)C)c1sc(C(C)(C)c2ccc(C(=O)OOC)s2)cc1CC(=O)OC. The summed E-state index contributed by atoms with van der Waals surface area (Å²) in [6, 6.07) is 5.79. The number of esters is 1. The molecule has 0 amide bonds. The van der Waals surface area contributed by atoms with Crippen LogP contribution in [-0.4, -0.2) is 26.2 Å². The Morgan fingerprint density at radius 3 is 2.23 bits per heavy atom. The maximum atomic E-state index is 12.2. The third kappa shape index (κ3) is 8.07. The molecule has 0 atom stereocenters. The first-order valence-electron chi connectivity index (χ1n) is 10.6. The van der Waals surface area contributed by atoms with Gasteiger partial charge in [-0.05, 0) is 48.4 Å².